The van der Waals surface area contributed by atoms with Crippen molar-refractivity contribution >= 4 is 46.6 Å². The maximum atomic E-state index is 13.9. The number of anilines is 2. The van der Waals surface area contributed by atoms with E-state index < -0.39 is 23.6 Å². The molecule has 0 radical (unpaired) electrons. The normalized spacial score (nSPS) is 25.2. The number of amidine groups is 1. The summed E-state index contributed by atoms with van der Waals surface area (Å²) in [7, 11) is 1.63. The molecular weight excluding hydrogens is 647 g/mol. The van der Waals surface area contributed by atoms with Gasteiger partial charge in [0.05, 0.1) is 12.0 Å². The average Bonchev–Trinajstić information content (AvgIpc) is 3.68. The number of rotatable bonds is 8. The van der Waals surface area contributed by atoms with Crippen LogP contribution in [0.2, 0.25) is 0 Å². The Hall–Kier alpha value is -4.56. The van der Waals surface area contributed by atoms with E-state index in [0.717, 1.165) is 17.5 Å². The second kappa shape index (κ2) is 14.4. The first-order chi connectivity index (χ1) is 23.9. The zero-order valence-electron chi connectivity index (χ0n) is 28.2. The van der Waals surface area contributed by atoms with Crippen molar-refractivity contribution in [3.63, 3.8) is 0 Å². The van der Waals surface area contributed by atoms with Gasteiger partial charge in [0.2, 0.25) is 11.8 Å². The molecule has 6 rings (SSSR count). The molecule has 0 aliphatic carbocycles. The number of halogens is 3. The Kier molecular flexibility index (Phi) is 10.1. The van der Waals surface area contributed by atoms with Crippen molar-refractivity contribution in [3.8, 4) is 0 Å². The van der Waals surface area contributed by atoms with Crippen molar-refractivity contribution in [1.29, 1.82) is 5.41 Å². The topological polar surface area (TPSA) is 156 Å². The fourth-order valence-electron chi connectivity index (χ4n) is 7.63. The third-order valence-electron chi connectivity index (χ3n) is 10.6. The quantitative estimate of drug-likeness (QED) is 0.188. The van der Waals surface area contributed by atoms with E-state index in [4.69, 9.17) is 16.9 Å². The van der Waals surface area contributed by atoms with Crippen molar-refractivity contribution in [2.24, 2.45) is 27.1 Å². The Balaban J connectivity index is 1.04. The van der Waals surface area contributed by atoms with Crippen molar-refractivity contribution in [2.45, 2.75) is 44.3 Å². The van der Waals surface area contributed by atoms with E-state index in [1.807, 2.05) is 29.2 Å². The Morgan fingerprint density at radius 2 is 1.90 bits per heavy atom. The number of carbonyl (C=O) groups excluding carboxylic acids is 2. The van der Waals surface area contributed by atoms with Crippen LogP contribution in [0.25, 0.3) is 5.57 Å². The van der Waals surface area contributed by atoms with Gasteiger partial charge in [-0.1, -0.05) is 30.3 Å². The minimum atomic E-state index is -4.39. The van der Waals surface area contributed by atoms with Gasteiger partial charge in [-0.3, -0.25) is 19.5 Å². The van der Waals surface area contributed by atoms with Crippen molar-refractivity contribution < 1.29 is 22.8 Å². The van der Waals surface area contributed by atoms with Crippen LogP contribution in [-0.2, 0) is 9.59 Å². The molecule has 3 atom stereocenters. The molecule has 2 aromatic rings. The summed E-state index contributed by atoms with van der Waals surface area (Å²) in [4.78, 5) is 40.8. The van der Waals surface area contributed by atoms with Gasteiger partial charge in [0.15, 0.2) is 0 Å². The molecule has 11 nitrogen and oxygen atoms in total. The van der Waals surface area contributed by atoms with Crippen LogP contribution in [0, 0.1) is 16.7 Å². The molecule has 6 N–H and O–H groups in total. The fraction of sp³-hybridized carbons (Fsp3) is 0.472. The molecule has 0 aromatic heterocycles. The van der Waals surface area contributed by atoms with E-state index in [2.05, 4.69) is 26.3 Å². The van der Waals surface area contributed by atoms with E-state index in [0.29, 0.717) is 74.8 Å². The van der Waals surface area contributed by atoms with Crippen LogP contribution in [0.3, 0.4) is 0 Å². The average molecular weight is 692 g/mol. The van der Waals surface area contributed by atoms with Crippen LogP contribution in [0.15, 0.2) is 58.5 Å². The van der Waals surface area contributed by atoms with E-state index in [1.165, 1.54) is 11.9 Å². The minimum Gasteiger partial charge on any atom is -0.398 e. The van der Waals surface area contributed by atoms with Crippen LogP contribution >= 0.6 is 0 Å². The third kappa shape index (κ3) is 7.31. The van der Waals surface area contributed by atoms with Gasteiger partial charge in [-0.25, -0.2) is 4.99 Å². The smallest absolute Gasteiger partial charge is 0.398 e. The molecule has 3 fully saturated rings. The Morgan fingerprint density at radius 1 is 1.14 bits per heavy atom. The highest BCUT2D eigenvalue weighted by Gasteiger charge is 2.51. The first kappa shape index (κ1) is 35.3. The molecule has 3 saturated heterocycles. The number of hydrogen-bond acceptors (Lipinski definition) is 7. The Morgan fingerprint density at radius 3 is 2.60 bits per heavy atom. The monoisotopic (exact) mass is 691 g/mol. The molecule has 2 amide bonds. The number of piperidine rings is 1. The van der Waals surface area contributed by atoms with Gasteiger partial charge in [0, 0.05) is 67.4 Å². The number of benzene rings is 2. The lowest BCUT2D eigenvalue weighted by Gasteiger charge is -2.32. The number of aliphatic imine (C=N–C) groups is 2. The van der Waals surface area contributed by atoms with E-state index in [1.54, 1.807) is 30.1 Å². The van der Waals surface area contributed by atoms with Gasteiger partial charge < -0.3 is 32.0 Å². The van der Waals surface area contributed by atoms with Crippen LogP contribution < -0.4 is 21.7 Å². The summed E-state index contributed by atoms with van der Waals surface area (Å²) < 4.78 is 40.2. The molecule has 14 heteroatoms. The second-order valence-electron chi connectivity index (χ2n) is 13.7. The van der Waals surface area contributed by atoms with Crippen molar-refractivity contribution in [2.75, 3.05) is 63.5 Å². The third-order valence-corrected chi connectivity index (χ3v) is 10.6. The Bertz CT molecular complexity index is 1720. The molecule has 4 aliphatic heterocycles. The summed E-state index contributed by atoms with van der Waals surface area (Å²) in [5, 5.41) is 11.3. The highest BCUT2D eigenvalue weighted by Crippen LogP contribution is 2.43. The number of alkyl halides is 3. The molecular formula is C36H44F3N9O2. The number of carbonyl (C=O) groups is 2. The first-order valence-electron chi connectivity index (χ1n) is 17.0. The molecule has 266 valence electrons. The van der Waals surface area contributed by atoms with Crippen LogP contribution in [-0.4, -0.2) is 105 Å². The first-order valence-corrected chi connectivity index (χ1v) is 17.0. The summed E-state index contributed by atoms with van der Waals surface area (Å²) in [5.41, 5.74) is 16.0. The standard InChI is InChI=1S/C36H44F3N9O2/c1-43-22-45-33(42)25-4-2-23(3-5-25)24-9-14-47(15-10-24)31(49)20-46-16-11-35(21-46)12-17-48(34(35)50)27-6-7-29(40)28(19-27)32(41)26-8-13-44-30(18-26)36(37,38)39/h2-7,9,19,22,26,30,41,44H,8,10-18,20-21,40H2,1H3,(H2,42,43,45)/t26?,30?,35-/m0/s1. The number of amides is 2. The summed E-state index contributed by atoms with van der Waals surface area (Å²) in [6.45, 7) is 3.13. The lowest BCUT2D eigenvalue weighted by molar-refractivity contribution is -0.161. The summed E-state index contributed by atoms with van der Waals surface area (Å²) in [5.74, 6) is -0.202. The highest BCUT2D eigenvalue weighted by molar-refractivity contribution is 6.07. The second-order valence-corrected chi connectivity index (χ2v) is 13.7. The van der Waals surface area contributed by atoms with Gasteiger partial charge in [-0.2, -0.15) is 13.2 Å². The fourth-order valence-corrected chi connectivity index (χ4v) is 7.63. The molecule has 0 saturated carbocycles. The van der Waals surface area contributed by atoms with Crippen LogP contribution in [0.4, 0.5) is 24.5 Å². The lowest BCUT2D eigenvalue weighted by atomic mass is 9.84. The summed E-state index contributed by atoms with van der Waals surface area (Å²) in [6.07, 6.45) is 1.29. The predicted molar refractivity (Wildman–Crippen MR) is 189 cm³/mol. The number of nitrogens with one attached hydrogen (secondary N) is 2. The molecule has 50 heavy (non-hydrogen) atoms. The van der Waals surface area contributed by atoms with Gasteiger partial charge in [-0.05, 0) is 74.5 Å². The summed E-state index contributed by atoms with van der Waals surface area (Å²) >= 11 is 0. The van der Waals surface area contributed by atoms with Crippen molar-refractivity contribution in [3.05, 3.63) is 65.2 Å². The van der Waals surface area contributed by atoms with Gasteiger partial charge in [-0.15, -0.1) is 0 Å². The Labute approximate surface area is 289 Å². The number of likely N-dealkylation sites (tertiary alicyclic amines) is 1. The van der Waals surface area contributed by atoms with E-state index in [9.17, 15) is 22.8 Å². The number of hydrogen-bond donors (Lipinski definition) is 4. The molecule has 4 heterocycles. The van der Waals surface area contributed by atoms with Crippen LogP contribution in [0.5, 0.6) is 0 Å². The van der Waals surface area contributed by atoms with E-state index >= 15 is 0 Å². The van der Waals surface area contributed by atoms with Crippen LogP contribution in [0.1, 0.15) is 48.8 Å². The van der Waals surface area contributed by atoms with Gasteiger partial charge in [0.1, 0.15) is 18.2 Å². The predicted octanol–water partition coefficient (Wildman–Crippen LogP) is 3.68. The van der Waals surface area contributed by atoms with Gasteiger partial charge in [0.25, 0.3) is 0 Å². The largest absolute Gasteiger partial charge is 0.403 e. The number of nitrogens with two attached hydrogens (primary N) is 2. The number of nitrogens with zero attached hydrogens (tertiary/aromatic N) is 5. The molecule has 1 spiro atoms. The number of nitrogen functional groups attached to an aromatic ring is 1. The highest BCUT2D eigenvalue weighted by atomic mass is 19.4. The lowest BCUT2D eigenvalue weighted by Crippen LogP contribution is -2.49. The summed E-state index contributed by atoms with van der Waals surface area (Å²) in [6, 6.07) is 11.2. The van der Waals surface area contributed by atoms with Crippen molar-refractivity contribution in [1.82, 2.24) is 15.1 Å². The minimum absolute atomic E-state index is 0.0307. The SMILES string of the molecule is CN=CN=C(N)c1ccc(C2=CCN(C(=O)CN3CC[C@]4(CCN(c5ccc(N)c(C(=N)C6CCNC(C(F)(F)F)C6)c5)C4=O)C3)CC2)cc1. The zero-order chi connectivity index (χ0) is 35.6. The molecule has 4 aliphatic rings. The van der Waals surface area contributed by atoms with Gasteiger partial charge >= 0.3 is 6.18 Å². The molecule has 2 aromatic carbocycles. The maximum Gasteiger partial charge on any atom is 0.403 e. The molecule has 2 unspecified atom stereocenters. The van der Waals surface area contributed by atoms with E-state index in [-0.39, 0.29) is 37.0 Å². The maximum absolute atomic E-state index is 13.9. The zero-order valence-corrected chi connectivity index (χ0v) is 28.2. The molecule has 0 bridgehead atoms.